The first kappa shape index (κ1) is 28.0. The van der Waals surface area contributed by atoms with Gasteiger partial charge in [0, 0.05) is 12.6 Å². The average molecular weight is 592 g/mol. The molecule has 1 unspecified atom stereocenters. The fraction of sp³-hybridized carbons (Fsp3) is 0.381. The van der Waals surface area contributed by atoms with Gasteiger partial charge in [-0.25, -0.2) is 13.8 Å². The van der Waals surface area contributed by atoms with E-state index in [4.69, 9.17) is 13.8 Å². The number of ether oxygens (including phenoxy) is 2. The Morgan fingerprint density at radius 1 is 1.42 bits per heavy atom. The van der Waals surface area contributed by atoms with Gasteiger partial charge in [-0.3, -0.25) is 23.7 Å². The van der Waals surface area contributed by atoms with Gasteiger partial charge in [0.15, 0.2) is 0 Å². The summed E-state index contributed by atoms with van der Waals surface area (Å²) in [7, 11) is -3.13. The Hall–Kier alpha value is -2.61. The number of hydrogen-bond donors (Lipinski definition) is 3. The maximum absolute atomic E-state index is 13.4. The molecule has 5 atom stereocenters. The van der Waals surface area contributed by atoms with E-state index >= 15 is 0 Å². The van der Waals surface area contributed by atoms with Crippen molar-refractivity contribution in [1.82, 2.24) is 14.6 Å². The fourth-order valence-electron chi connectivity index (χ4n) is 3.30. The third-order valence-corrected chi connectivity index (χ3v) is 7.01. The van der Waals surface area contributed by atoms with Gasteiger partial charge in [0.25, 0.3) is 5.56 Å². The lowest BCUT2D eigenvalue weighted by molar-refractivity contribution is -0.142. The van der Waals surface area contributed by atoms with E-state index in [9.17, 15) is 28.4 Å². The summed E-state index contributed by atoms with van der Waals surface area (Å²) in [6.07, 6.45) is -0.475. The van der Waals surface area contributed by atoms with Gasteiger partial charge < -0.3 is 19.1 Å². The topological polar surface area (TPSA) is 158 Å². The van der Waals surface area contributed by atoms with Crippen LogP contribution in [0.2, 0.25) is 0 Å². The first-order valence-corrected chi connectivity index (χ1v) is 13.0. The summed E-state index contributed by atoms with van der Waals surface area (Å²) in [5.74, 6) is -1.30. The third kappa shape index (κ3) is 6.99. The predicted molar refractivity (Wildman–Crippen MR) is 129 cm³/mol. The molecule has 3 N–H and O–H groups in total. The first-order valence-electron chi connectivity index (χ1n) is 10.6. The molecule has 12 nitrogen and oxygen atoms in total. The smallest absolute Gasteiger partial charge is 0.459 e. The van der Waals surface area contributed by atoms with Crippen LogP contribution in [-0.4, -0.2) is 52.6 Å². The normalized spacial score (nSPS) is 22.3. The summed E-state index contributed by atoms with van der Waals surface area (Å²) >= 11 is 3.06. The number of aliphatic hydroxyl groups excluding tert-OH is 1. The van der Waals surface area contributed by atoms with E-state index in [0.717, 1.165) is 23.8 Å². The minimum atomic E-state index is -4.28. The molecule has 2 heterocycles. The number of benzene rings is 1. The van der Waals surface area contributed by atoms with Crippen LogP contribution < -0.4 is 20.9 Å². The highest BCUT2D eigenvalue weighted by Crippen LogP contribution is 2.46. The Kier molecular flexibility index (Phi) is 9.39. The van der Waals surface area contributed by atoms with Crippen molar-refractivity contribution < 1.29 is 37.4 Å². The molecule has 0 bridgehead atoms. The molecule has 1 fully saturated rings. The second-order valence-corrected chi connectivity index (χ2v) is 9.91. The number of hydrogen-bond acceptors (Lipinski definition) is 9. The van der Waals surface area contributed by atoms with Gasteiger partial charge in [-0.15, -0.1) is 0 Å². The van der Waals surface area contributed by atoms with Crippen LogP contribution in [0.15, 0.2) is 45.0 Å². The highest BCUT2D eigenvalue weighted by Gasteiger charge is 2.39. The maximum Gasteiger partial charge on any atom is 0.459 e. The maximum atomic E-state index is 13.4. The lowest BCUT2D eigenvalue weighted by Gasteiger charge is -2.24. The van der Waals surface area contributed by atoms with Crippen molar-refractivity contribution in [3.05, 3.63) is 67.7 Å². The number of aliphatic hydroxyl groups is 1. The Labute approximate surface area is 212 Å². The van der Waals surface area contributed by atoms with E-state index < -0.39 is 61.9 Å². The van der Waals surface area contributed by atoms with Gasteiger partial charge in [-0.05, 0) is 42.3 Å². The fourth-order valence-corrected chi connectivity index (χ4v) is 5.09. The average Bonchev–Trinajstić information content (AvgIpc) is 3.20. The molecular weight excluding hydrogens is 568 g/mol. The van der Waals surface area contributed by atoms with Crippen LogP contribution in [0.1, 0.15) is 25.1 Å². The number of nitrogens with zero attached hydrogens (tertiary/aromatic N) is 1. The molecule has 0 spiro atoms. The molecule has 1 saturated heterocycles. The quantitative estimate of drug-likeness (QED) is 0.276. The molecule has 0 amide bonds. The zero-order chi connectivity index (χ0) is 26.5. The van der Waals surface area contributed by atoms with Gasteiger partial charge in [0.05, 0.1) is 25.4 Å². The van der Waals surface area contributed by atoms with Gasteiger partial charge in [-0.2, -0.15) is 5.09 Å². The Bertz CT molecular complexity index is 1270. The van der Waals surface area contributed by atoms with Crippen molar-refractivity contribution in [1.29, 1.82) is 0 Å². The summed E-state index contributed by atoms with van der Waals surface area (Å²) < 4.78 is 49.0. The zero-order valence-corrected chi connectivity index (χ0v) is 21.6. The summed E-state index contributed by atoms with van der Waals surface area (Å²) in [6.45, 7) is 0.900. The van der Waals surface area contributed by atoms with E-state index in [-0.39, 0.29) is 17.7 Å². The number of carbonyl (C=O) groups excluding carboxylic acids is 1. The van der Waals surface area contributed by atoms with Crippen molar-refractivity contribution in [2.45, 2.75) is 37.8 Å². The second-order valence-electron chi connectivity index (χ2n) is 7.69. The Balaban J connectivity index is 1.76. The molecule has 1 aromatic heterocycles. The van der Waals surface area contributed by atoms with Crippen molar-refractivity contribution in [2.24, 2.45) is 0 Å². The summed E-state index contributed by atoms with van der Waals surface area (Å²) in [5, 5.41) is 12.9. The molecule has 1 aliphatic heterocycles. The molecule has 1 aromatic carbocycles. The highest BCUT2D eigenvalue weighted by atomic mass is 79.9. The standard InChI is InChI=1S/C21H24BrFN3O9P/c1-12(20(29)32-2)25-36(31,35-15-5-3-14(23)4-6-15)33-11-17-16(27)9-18(34-17)26-10-13(7-8-22)19(28)24-21(26)30/h3-8,10,12,16-18,27H,9,11H2,1-2H3,(H,25,31)(H,24,28,30)/b8-7+/t12-,16-,17+,18+,36?/m0/s1. The zero-order valence-electron chi connectivity index (χ0n) is 19.1. The van der Waals surface area contributed by atoms with Crippen LogP contribution in [0.25, 0.3) is 6.08 Å². The van der Waals surface area contributed by atoms with Crippen LogP contribution in [0.4, 0.5) is 4.39 Å². The number of halogens is 2. The van der Waals surface area contributed by atoms with Crippen molar-refractivity contribution in [3.63, 3.8) is 0 Å². The number of aromatic amines is 1. The summed E-state index contributed by atoms with van der Waals surface area (Å²) in [4.78, 5) is 39.6. The van der Waals surface area contributed by atoms with E-state index in [0.29, 0.717) is 0 Å². The van der Waals surface area contributed by atoms with E-state index in [1.165, 1.54) is 36.3 Å². The van der Waals surface area contributed by atoms with Gasteiger partial charge >= 0.3 is 19.4 Å². The second kappa shape index (κ2) is 12.1. The number of rotatable bonds is 10. The van der Waals surface area contributed by atoms with E-state index in [1.807, 2.05) is 0 Å². The van der Waals surface area contributed by atoms with Crippen molar-refractivity contribution in [3.8, 4) is 5.75 Å². The number of methoxy groups -OCH3 is 1. The lowest BCUT2D eigenvalue weighted by Crippen LogP contribution is -2.36. The highest BCUT2D eigenvalue weighted by molar-refractivity contribution is 9.11. The van der Waals surface area contributed by atoms with Crippen molar-refractivity contribution in [2.75, 3.05) is 13.7 Å². The van der Waals surface area contributed by atoms with Crippen LogP contribution in [0.3, 0.4) is 0 Å². The lowest BCUT2D eigenvalue weighted by atomic mass is 10.2. The molecule has 0 radical (unpaired) electrons. The monoisotopic (exact) mass is 591 g/mol. The molecule has 0 aliphatic carbocycles. The molecule has 15 heteroatoms. The number of esters is 1. The number of nitrogens with one attached hydrogen (secondary N) is 2. The molecule has 3 rings (SSSR count). The number of H-pyrrole nitrogens is 1. The van der Waals surface area contributed by atoms with Gasteiger partial charge in [0.1, 0.15) is 29.9 Å². The van der Waals surface area contributed by atoms with E-state index in [1.54, 1.807) is 0 Å². The SMILES string of the molecule is COC(=O)[C@H](C)NP(=O)(OC[C@H]1O[C@@H](n2cc(/C=C/Br)c(=O)[nH]c2=O)C[C@@H]1O)Oc1ccc(F)cc1. The van der Waals surface area contributed by atoms with Crippen LogP contribution in [0, 0.1) is 5.82 Å². The Morgan fingerprint density at radius 3 is 2.75 bits per heavy atom. The van der Waals surface area contributed by atoms with Crippen LogP contribution >= 0.6 is 23.7 Å². The summed E-state index contributed by atoms with van der Waals surface area (Å²) in [5.41, 5.74) is -1.18. The first-order chi connectivity index (χ1) is 17.0. The van der Waals surface area contributed by atoms with Gasteiger partial charge in [0.2, 0.25) is 0 Å². The van der Waals surface area contributed by atoms with Crippen LogP contribution in [-0.2, 0) is 23.4 Å². The largest absolute Gasteiger partial charge is 0.468 e. The summed E-state index contributed by atoms with van der Waals surface area (Å²) in [6, 6.07) is 3.49. The predicted octanol–water partition coefficient (Wildman–Crippen LogP) is 2.04. The molecule has 36 heavy (non-hydrogen) atoms. The molecular formula is C21H24BrFN3O9P. The molecule has 2 aromatic rings. The minimum Gasteiger partial charge on any atom is -0.468 e. The molecule has 1 aliphatic rings. The molecule has 0 saturated carbocycles. The number of carbonyl (C=O) groups is 1. The van der Waals surface area contributed by atoms with Gasteiger partial charge in [-0.1, -0.05) is 15.9 Å². The molecule has 196 valence electrons. The third-order valence-electron chi connectivity index (χ3n) is 5.11. The minimum absolute atomic E-state index is 0.0118. The van der Waals surface area contributed by atoms with Crippen molar-refractivity contribution >= 4 is 35.7 Å². The number of aromatic nitrogens is 2. The van der Waals surface area contributed by atoms with E-state index in [2.05, 4.69) is 30.7 Å². The Morgan fingerprint density at radius 2 is 2.11 bits per heavy atom. The van der Waals surface area contributed by atoms with Crippen LogP contribution in [0.5, 0.6) is 5.75 Å².